The third kappa shape index (κ3) is 9.20. The van der Waals surface area contributed by atoms with Crippen LogP contribution in [0.2, 0.25) is 0 Å². The highest BCUT2D eigenvalue weighted by atomic mass is 32.2. The molecule has 2 rings (SSSR count). The predicted molar refractivity (Wildman–Crippen MR) is 141 cm³/mol. The number of quaternary nitrogens is 1. The Kier molecular flexibility index (Phi) is 14.3. The Hall–Kier alpha value is -3.04. The summed E-state index contributed by atoms with van der Waals surface area (Å²) in [6, 6.07) is 10.0. The number of aliphatic carboxylic acids is 1. The van der Waals surface area contributed by atoms with Gasteiger partial charge in [0.25, 0.3) is 0 Å². The third-order valence-corrected chi connectivity index (χ3v) is 6.87. The van der Waals surface area contributed by atoms with E-state index in [4.69, 9.17) is 18.9 Å². The molecule has 2 aromatic rings. The van der Waals surface area contributed by atoms with Crippen molar-refractivity contribution >= 4 is 22.8 Å². The van der Waals surface area contributed by atoms with Gasteiger partial charge in [-0.3, -0.25) is 4.21 Å². The van der Waals surface area contributed by atoms with Crippen molar-refractivity contribution in [3.05, 3.63) is 52.9 Å². The predicted octanol–water partition coefficient (Wildman–Crippen LogP) is 1.91. The standard InChI is InChI=1S/C21H24O7S.C6H15N/c1-25-14-11-19(27-3)16(20(12-14)28-4)9-10-29(24)13-17(21(22)23)15-7-5-6-8-18(15)26-2;1-4-7(5-2)6-3/h5-12,17H,13H2,1-4H3,(H,22,23);4-6H2,1-3H3/b10-9+;. The van der Waals surface area contributed by atoms with Crippen LogP contribution in [0.5, 0.6) is 23.0 Å². The maximum atomic E-state index is 12.6. The van der Waals surface area contributed by atoms with Gasteiger partial charge < -0.3 is 33.7 Å². The highest BCUT2D eigenvalue weighted by Crippen LogP contribution is 2.35. The average molecular weight is 522 g/mol. The minimum Gasteiger partial charge on any atom is -0.549 e. The summed E-state index contributed by atoms with van der Waals surface area (Å²) in [7, 11) is 4.36. The summed E-state index contributed by atoms with van der Waals surface area (Å²) in [5, 5.41) is 13.1. The first-order valence-electron chi connectivity index (χ1n) is 11.8. The van der Waals surface area contributed by atoms with Crippen LogP contribution in [-0.4, -0.2) is 64.0 Å². The minimum absolute atomic E-state index is 0.167. The highest BCUT2D eigenvalue weighted by Gasteiger charge is 2.19. The lowest BCUT2D eigenvalue weighted by atomic mass is 10.0. The number of carbonyl (C=O) groups excluding carboxylic acids is 1. The number of hydrogen-bond acceptors (Lipinski definition) is 7. The molecule has 0 aliphatic rings. The van der Waals surface area contributed by atoms with Gasteiger partial charge in [-0.05, 0) is 32.9 Å². The molecule has 0 aliphatic heterocycles. The van der Waals surface area contributed by atoms with Crippen molar-refractivity contribution in [2.45, 2.75) is 26.7 Å². The Morgan fingerprint density at radius 2 is 1.44 bits per heavy atom. The molecule has 0 aromatic heterocycles. The van der Waals surface area contributed by atoms with Gasteiger partial charge in [0.2, 0.25) is 0 Å². The third-order valence-electron chi connectivity index (χ3n) is 5.77. The van der Waals surface area contributed by atoms with Gasteiger partial charge in [0.1, 0.15) is 23.0 Å². The Morgan fingerprint density at radius 3 is 1.86 bits per heavy atom. The number of methoxy groups -OCH3 is 4. The van der Waals surface area contributed by atoms with E-state index in [9.17, 15) is 14.1 Å². The van der Waals surface area contributed by atoms with Gasteiger partial charge in [-0.25, -0.2) is 0 Å². The molecule has 0 amide bonds. The van der Waals surface area contributed by atoms with E-state index in [-0.39, 0.29) is 5.75 Å². The summed E-state index contributed by atoms with van der Waals surface area (Å²) in [5.41, 5.74) is 0.975. The Bertz CT molecular complexity index is 975. The number of carbonyl (C=O) groups is 1. The quantitative estimate of drug-likeness (QED) is 0.430. The summed E-state index contributed by atoms with van der Waals surface area (Å²) >= 11 is 0. The number of rotatable bonds is 13. The number of carboxylic acids is 1. The zero-order chi connectivity index (χ0) is 27.1. The van der Waals surface area contributed by atoms with E-state index in [0.29, 0.717) is 34.1 Å². The Morgan fingerprint density at radius 1 is 0.917 bits per heavy atom. The van der Waals surface area contributed by atoms with Crippen molar-refractivity contribution < 1.29 is 38.0 Å². The van der Waals surface area contributed by atoms with Crippen molar-refractivity contribution in [2.75, 3.05) is 53.8 Å². The van der Waals surface area contributed by atoms with Crippen molar-refractivity contribution in [3.63, 3.8) is 0 Å². The highest BCUT2D eigenvalue weighted by molar-refractivity contribution is 7.88. The number of nitrogens with one attached hydrogen (secondary N) is 1. The van der Waals surface area contributed by atoms with Gasteiger partial charge in [-0.2, -0.15) is 0 Å². The SMILES string of the molecule is CC[NH+](CC)CC.COc1cc(OC)c(/C=C/S(=O)CC(C(=O)[O-])c2ccccc2OC)c(OC)c1. The largest absolute Gasteiger partial charge is 0.549 e. The van der Waals surface area contributed by atoms with E-state index in [1.54, 1.807) is 47.4 Å². The van der Waals surface area contributed by atoms with Crippen molar-refractivity contribution in [2.24, 2.45) is 0 Å². The lowest BCUT2D eigenvalue weighted by molar-refractivity contribution is -0.894. The summed E-state index contributed by atoms with van der Waals surface area (Å²) < 4.78 is 33.7. The smallest absolute Gasteiger partial charge is 0.133 e. The zero-order valence-corrected chi connectivity index (χ0v) is 23.1. The van der Waals surface area contributed by atoms with Gasteiger partial charge in [0, 0.05) is 51.5 Å². The molecule has 9 heteroatoms. The van der Waals surface area contributed by atoms with E-state index in [2.05, 4.69) is 20.8 Å². The van der Waals surface area contributed by atoms with Crippen LogP contribution in [0, 0.1) is 0 Å². The molecule has 2 unspecified atom stereocenters. The number of benzene rings is 2. The van der Waals surface area contributed by atoms with E-state index < -0.39 is 22.7 Å². The first kappa shape index (κ1) is 31.0. The number of carboxylic acid groups (broad SMARTS) is 1. The minimum atomic E-state index is -1.61. The monoisotopic (exact) mass is 521 g/mol. The van der Waals surface area contributed by atoms with Gasteiger partial charge in [0.15, 0.2) is 0 Å². The molecule has 0 heterocycles. The van der Waals surface area contributed by atoms with Crippen LogP contribution in [-0.2, 0) is 15.6 Å². The zero-order valence-electron chi connectivity index (χ0n) is 22.3. The maximum absolute atomic E-state index is 12.6. The fourth-order valence-electron chi connectivity index (χ4n) is 3.55. The van der Waals surface area contributed by atoms with Crippen molar-refractivity contribution in [3.8, 4) is 23.0 Å². The summed E-state index contributed by atoms with van der Waals surface area (Å²) in [6.07, 6.45) is 1.57. The molecule has 0 radical (unpaired) electrons. The van der Waals surface area contributed by atoms with Gasteiger partial charge in [0.05, 0.1) is 53.6 Å². The first-order valence-corrected chi connectivity index (χ1v) is 13.2. The normalized spacial score (nSPS) is 12.4. The fraction of sp³-hybridized carbons (Fsp3) is 0.444. The summed E-state index contributed by atoms with van der Waals surface area (Å²) in [6.45, 7) is 10.5. The number of para-hydroxylation sites is 1. The molecule has 0 bridgehead atoms. The molecular formula is C27H39NO7S. The van der Waals surface area contributed by atoms with Gasteiger partial charge >= 0.3 is 0 Å². The van der Waals surface area contributed by atoms with E-state index in [0.717, 1.165) is 0 Å². The van der Waals surface area contributed by atoms with Gasteiger partial charge in [-0.15, -0.1) is 0 Å². The van der Waals surface area contributed by atoms with Crippen LogP contribution in [0.4, 0.5) is 0 Å². The van der Waals surface area contributed by atoms with Crippen LogP contribution < -0.4 is 29.0 Å². The second kappa shape index (κ2) is 16.6. The molecule has 1 N–H and O–H groups in total. The summed E-state index contributed by atoms with van der Waals surface area (Å²) in [4.78, 5) is 13.4. The van der Waals surface area contributed by atoms with E-state index >= 15 is 0 Å². The van der Waals surface area contributed by atoms with E-state index in [1.807, 2.05) is 0 Å². The van der Waals surface area contributed by atoms with Crippen LogP contribution >= 0.6 is 0 Å². The molecule has 36 heavy (non-hydrogen) atoms. The fourth-order valence-corrected chi connectivity index (χ4v) is 4.59. The van der Waals surface area contributed by atoms with Crippen molar-refractivity contribution in [1.82, 2.24) is 0 Å². The molecule has 200 valence electrons. The maximum Gasteiger partial charge on any atom is 0.133 e. The molecule has 0 fully saturated rings. The molecule has 2 atom stereocenters. The molecule has 0 aliphatic carbocycles. The number of ether oxygens (including phenoxy) is 4. The summed E-state index contributed by atoms with van der Waals surface area (Å²) in [5.74, 6) is -0.690. The van der Waals surface area contributed by atoms with Crippen LogP contribution in [0.1, 0.15) is 37.8 Å². The topological polar surface area (TPSA) is 98.6 Å². The molecule has 0 spiro atoms. The van der Waals surface area contributed by atoms with Crippen LogP contribution in [0.15, 0.2) is 41.8 Å². The average Bonchev–Trinajstić information content (AvgIpc) is 2.91. The van der Waals surface area contributed by atoms with Crippen molar-refractivity contribution in [1.29, 1.82) is 0 Å². The Labute approximate surface area is 217 Å². The first-order chi connectivity index (χ1) is 17.3. The number of hydrogen-bond donors (Lipinski definition) is 1. The van der Waals surface area contributed by atoms with Gasteiger partial charge in [-0.1, -0.05) is 18.2 Å². The molecule has 2 aromatic carbocycles. The molecule has 8 nitrogen and oxygen atoms in total. The van der Waals surface area contributed by atoms with Crippen LogP contribution in [0.25, 0.3) is 6.08 Å². The lowest BCUT2D eigenvalue weighted by Crippen LogP contribution is -3.11. The second-order valence-electron chi connectivity index (χ2n) is 7.72. The lowest BCUT2D eigenvalue weighted by Gasteiger charge is -2.19. The van der Waals surface area contributed by atoms with Crippen LogP contribution in [0.3, 0.4) is 0 Å². The molecule has 0 saturated carbocycles. The Balaban J connectivity index is 0.000000809. The second-order valence-corrected chi connectivity index (χ2v) is 9.09. The molecular weight excluding hydrogens is 482 g/mol. The van der Waals surface area contributed by atoms with E-state index in [1.165, 1.54) is 53.5 Å². The molecule has 0 saturated heterocycles.